The van der Waals surface area contributed by atoms with Crippen LogP contribution in [0.3, 0.4) is 0 Å². The first-order valence-electron chi connectivity index (χ1n) is 3.65. The average Bonchev–Trinajstić information content (AvgIpc) is 2.06. The highest BCUT2D eigenvalue weighted by Crippen LogP contribution is 2.23. The van der Waals surface area contributed by atoms with E-state index in [9.17, 15) is 0 Å². The molecule has 0 heterocycles. The molecule has 0 spiro atoms. The molecule has 0 bridgehead atoms. The highest BCUT2D eigenvalue weighted by molar-refractivity contribution is 8.00. The summed E-state index contributed by atoms with van der Waals surface area (Å²) in [6.07, 6.45) is 1.08. The number of aryl methyl sites for hydroxylation is 1. The minimum Gasteiger partial charge on any atom is -0.114 e. The molecule has 0 aliphatic carbocycles. The smallest absolute Gasteiger partial charge is 0.0727 e. The third-order valence-electron chi connectivity index (χ3n) is 1.56. The Morgan fingerprint density at radius 2 is 2.09 bits per heavy atom. The summed E-state index contributed by atoms with van der Waals surface area (Å²) in [6.45, 7) is 2.16. The van der Waals surface area contributed by atoms with Gasteiger partial charge in [0.15, 0.2) is 0 Å². The van der Waals surface area contributed by atoms with Gasteiger partial charge in [0.25, 0.3) is 0 Å². The molecule has 2 heteroatoms. The van der Waals surface area contributed by atoms with Gasteiger partial charge in [-0.15, -0.1) is 23.4 Å². The second kappa shape index (κ2) is 4.68. The van der Waals surface area contributed by atoms with E-state index in [2.05, 4.69) is 25.1 Å². The van der Waals surface area contributed by atoms with Crippen LogP contribution in [-0.2, 0) is 6.42 Å². The van der Waals surface area contributed by atoms with Crippen LogP contribution in [0.1, 0.15) is 12.5 Å². The number of benzene rings is 1. The van der Waals surface area contributed by atoms with Gasteiger partial charge in [0, 0.05) is 4.90 Å². The van der Waals surface area contributed by atoms with Crippen LogP contribution in [0.4, 0.5) is 0 Å². The Hall–Kier alpha value is -0.140. The average molecular weight is 187 g/mol. The lowest BCUT2D eigenvalue weighted by Gasteiger charge is -2.03. The molecule has 0 unspecified atom stereocenters. The fourth-order valence-electron chi connectivity index (χ4n) is 0.995. The largest absolute Gasteiger partial charge is 0.114 e. The molecule has 1 rings (SSSR count). The highest BCUT2D eigenvalue weighted by atomic mass is 35.5. The number of hydrogen-bond acceptors (Lipinski definition) is 1. The van der Waals surface area contributed by atoms with E-state index in [1.54, 1.807) is 11.8 Å². The van der Waals surface area contributed by atoms with E-state index >= 15 is 0 Å². The third kappa shape index (κ3) is 2.42. The van der Waals surface area contributed by atoms with Gasteiger partial charge in [0.05, 0.1) is 5.21 Å². The summed E-state index contributed by atoms with van der Waals surface area (Å²) < 4.78 is 0. The van der Waals surface area contributed by atoms with Crippen LogP contribution in [0.15, 0.2) is 29.2 Å². The highest BCUT2D eigenvalue weighted by Gasteiger charge is 1.97. The Morgan fingerprint density at radius 3 is 2.73 bits per heavy atom. The van der Waals surface area contributed by atoms with Crippen molar-refractivity contribution in [2.45, 2.75) is 18.2 Å². The van der Waals surface area contributed by atoms with Crippen molar-refractivity contribution in [1.29, 1.82) is 0 Å². The summed E-state index contributed by atoms with van der Waals surface area (Å²) in [5, 5.41) is 0.636. The standard InChI is InChI=1S/C9H11ClS/c1-2-8-5-3-4-6-9(8)11-7-10/h3-6H,2,7H2,1H3. The second-order valence-electron chi connectivity index (χ2n) is 2.21. The van der Waals surface area contributed by atoms with E-state index in [0.29, 0.717) is 5.21 Å². The molecule has 11 heavy (non-hydrogen) atoms. The monoisotopic (exact) mass is 186 g/mol. The lowest BCUT2D eigenvalue weighted by atomic mass is 10.2. The maximum atomic E-state index is 5.63. The number of hydrogen-bond donors (Lipinski definition) is 0. The molecular formula is C9H11ClS. The molecule has 0 radical (unpaired) electrons. The van der Waals surface area contributed by atoms with E-state index in [1.807, 2.05) is 6.07 Å². The zero-order chi connectivity index (χ0) is 8.10. The van der Waals surface area contributed by atoms with Crippen molar-refractivity contribution in [2.24, 2.45) is 0 Å². The van der Waals surface area contributed by atoms with Crippen molar-refractivity contribution >= 4 is 23.4 Å². The van der Waals surface area contributed by atoms with E-state index < -0.39 is 0 Å². The molecule has 0 nitrogen and oxygen atoms in total. The second-order valence-corrected chi connectivity index (χ2v) is 3.82. The summed E-state index contributed by atoms with van der Waals surface area (Å²) >= 11 is 7.32. The van der Waals surface area contributed by atoms with Crippen molar-refractivity contribution in [3.05, 3.63) is 29.8 Å². The van der Waals surface area contributed by atoms with Crippen LogP contribution < -0.4 is 0 Å². The van der Waals surface area contributed by atoms with Gasteiger partial charge in [0.2, 0.25) is 0 Å². The summed E-state index contributed by atoms with van der Waals surface area (Å²) in [5.74, 6) is 0. The van der Waals surface area contributed by atoms with Gasteiger partial charge in [-0.05, 0) is 18.1 Å². The molecule has 0 aliphatic heterocycles. The molecule has 0 saturated heterocycles. The van der Waals surface area contributed by atoms with Crippen molar-refractivity contribution in [1.82, 2.24) is 0 Å². The Kier molecular flexibility index (Phi) is 3.81. The van der Waals surface area contributed by atoms with Crippen LogP contribution in [0.5, 0.6) is 0 Å². The van der Waals surface area contributed by atoms with E-state index in [1.165, 1.54) is 10.5 Å². The summed E-state index contributed by atoms with van der Waals surface area (Å²) in [6, 6.07) is 8.38. The molecule has 0 fully saturated rings. The maximum absolute atomic E-state index is 5.63. The number of halogens is 1. The Labute approximate surface area is 77.0 Å². The zero-order valence-electron chi connectivity index (χ0n) is 6.51. The van der Waals surface area contributed by atoms with E-state index in [0.717, 1.165) is 6.42 Å². The molecule has 0 atom stereocenters. The fourth-order valence-corrected chi connectivity index (χ4v) is 2.04. The minimum absolute atomic E-state index is 0.636. The van der Waals surface area contributed by atoms with Crippen molar-refractivity contribution in [3.8, 4) is 0 Å². The van der Waals surface area contributed by atoms with Gasteiger partial charge in [-0.3, -0.25) is 0 Å². The molecule has 0 aromatic heterocycles. The van der Waals surface area contributed by atoms with E-state index in [-0.39, 0.29) is 0 Å². The van der Waals surface area contributed by atoms with Crippen molar-refractivity contribution in [2.75, 3.05) is 5.21 Å². The van der Waals surface area contributed by atoms with Gasteiger partial charge >= 0.3 is 0 Å². The Morgan fingerprint density at radius 1 is 1.36 bits per heavy atom. The first-order chi connectivity index (χ1) is 5.38. The number of thioether (sulfide) groups is 1. The van der Waals surface area contributed by atoms with Crippen molar-refractivity contribution < 1.29 is 0 Å². The quantitative estimate of drug-likeness (QED) is 0.514. The molecular weight excluding hydrogens is 176 g/mol. The molecule has 0 amide bonds. The number of alkyl halides is 1. The fraction of sp³-hybridized carbons (Fsp3) is 0.333. The van der Waals surface area contributed by atoms with Crippen LogP contribution in [0.25, 0.3) is 0 Å². The lowest BCUT2D eigenvalue weighted by Crippen LogP contribution is -1.83. The molecule has 0 N–H and O–H groups in total. The minimum atomic E-state index is 0.636. The normalized spacial score (nSPS) is 10.0. The van der Waals surface area contributed by atoms with Gasteiger partial charge in [0.1, 0.15) is 0 Å². The van der Waals surface area contributed by atoms with Crippen LogP contribution >= 0.6 is 23.4 Å². The van der Waals surface area contributed by atoms with Crippen LogP contribution in [-0.4, -0.2) is 5.21 Å². The molecule has 1 aromatic rings. The zero-order valence-corrected chi connectivity index (χ0v) is 8.08. The SMILES string of the molecule is CCc1ccccc1SCCl. The van der Waals surface area contributed by atoms with Gasteiger partial charge in [-0.2, -0.15) is 0 Å². The topological polar surface area (TPSA) is 0 Å². The summed E-state index contributed by atoms with van der Waals surface area (Å²) in [5.41, 5.74) is 1.39. The first-order valence-corrected chi connectivity index (χ1v) is 5.17. The van der Waals surface area contributed by atoms with Gasteiger partial charge in [-0.1, -0.05) is 25.1 Å². The summed E-state index contributed by atoms with van der Waals surface area (Å²) in [7, 11) is 0. The maximum Gasteiger partial charge on any atom is 0.0727 e. The molecule has 0 saturated carbocycles. The third-order valence-corrected chi connectivity index (χ3v) is 2.71. The van der Waals surface area contributed by atoms with Crippen molar-refractivity contribution in [3.63, 3.8) is 0 Å². The molecule has 1 aromatic carbocycles. The molecule has 60 valence electrons. The van der Waals surface area contributed by atoms with Crippen LogP contribution in [0, 0.1) is 0 Å². The Bertz CT molecular complexity index is 223. The summed E-state index contributed by atoms with van der Waals surface area (Å²) in [4.78, 5) is 1.31. The van der Waals surface area contributed by atoms with E-state index in [4.69, 9.17) is 11.6 Å². The number of rotatable bonds is 3. The van der Waals surface area contributed by atoms with Gasteiger partial charge in [-0.25, -0.2) is 0 Å². The predicted molar refractivity (Wildman–Crippen MR) is 52.4 cm³/mol. The first kappa shape index (κ1) is 8.95. The Balaban J connectivity index is 2.83. The van der Waals surface area contributed by atoms with Gasteiger partial charge < -0.3 is 0 Å². The van der Waals surface area contributed by atoms with Crippen LogP contribution in [0.2, 0.25) is 0 Å². The lowest BCUT2D eigenvalue weighted by molar-refractivity contribution is 1.08. The predicted octanol–water partition coefficient (Wildman–Crippen LogP) is 3.54. The molecule has 0 aliphatic rings.